The molecule has 0 amide bonds. The third-order valence-corrected chi connectivity index (χ3v) is 15.8. The van der Waals surface area contributed by atoms with Gasteiger partial charge < -0.3 is 14.2 Å². The summed E-state index contributed by atoms with van der Waals surface area (Å²) in [7, 11) is 0. The lowest BCUT2D eigenvalue weighted by Crippen LogP contribution is -2.30. The summed E-state index contributed by atoms with van der Waals surface area (Å²) in [6.07, 6.45) is 85.8. The maximum Gasteiger partial charge on any atom is 0.306 e. The summed E-state index contributed by atoms with van der Waals surface area (Å²) in [4.78, 5) is 38.4. The van der Waals surface area contributed by atoms with E-state index in [2.05, 4.69) is 69.4 Å². The highest BCUT2D eigenvalue weighted by Gasteiger charge is 2.19. The van der Waals surface area contributed by atoms with Crippen molar-refractivity contribution in [3.8, 4) is 0 Å². The fourth-order valence-electron chi connectivity index (χ4n) is 10.5. The molecule has 0 saturated carbocycles. The monoisotopic (exact) mass is 1110 g/mol. The van der Waals surface area contributed by atoms with Gasteiger partial charge in [0.15, 0.2) is 6.10 Å². The van der Waals surface area contributed by atoms with Crippen LogP contribution in [0.2, 0.25) is 0 Å². The van der Waals surface area contributed by atoms with Crippen molar-refractivity contribution in [2.75, 3.05) is 13.2 Å². The Morgan fingerprint density at radius 3 is 0.759 bits per heavy atom. The second kappa shape index (κ2) is 67.9. The van der Waals surface area contributed by atoms with E-state index in [4.69, 9.17) is 14.2 Å². The normalized spacial score (nSPS) is 12.3. The number of rotatable bonds is 65. The van der Waals surface area contributed by atoms with Crippen LogP contribution < -0.4 is 0 Å². The van der Waals surface area contributed by atoms with Gasteiger partial charge in [0.05, 0.1) is 0 Å². The minimum Gasteiger partial charge on any atom is -0.462 e. The van der Waals surface area contributed by atoms with Crippen LogP contribution in [-0.2, 0) is 28.6 Å². The number of esters is 3. The van der Waals surface area contributed by atoms with E-state index in [0.717, 1.165) is 96.3 Å². The largest absolute Gasteiger partial charge is 0.462 e. The van der Waals surface area contributed by atoms with Gasteiger partial charge in [-0.15, -0.1) is 0 Å². The second-order valence-electron chi connectivity index (χ2n) is 23.8. The van der Waals surface area contributed by atoms with Crippen LogP contribution in [0, 0.1) is 0 Å². The van der Waals surface area contributed by atoms with Gasteiger partial charge in [-0.1, -0.05) is 333 Å². The molecule has 1 atom stereocenters. The summed E-state index contributed by atoms with van der Waals surface area (Å²) < 4.78 is 16.9. The molecule has 0 saturated heterocycles. The van der Waals surface area contributed by atoms with Crippen molar-refractivity contribution in [2.24, 2.45) is 0 Å². The first-order chi connectivity index (χ1) is 39.0. The summed E-state index contributed by atoms with van der Waals surface area (Å²) in [6, 6.07) is 0. The first-order valence-corrected chi connectivity index (χ1v) is 35.1. The number of ether oxygens (including phenoxy) is 3. The van der Waals surface area contributed by atoms with Crippen LogP contribution in [0.5, 0.6) is 0 Å². The molecule has 6 heteroatoms. The number of unbranched alkanes of at least 4 members (excludes halogenated alkanes) is 46. The van der Waals surface area contributed by atoms with Gasteiger partial charge in [-0.05, 0) is 77.0 Å². The summed E-state index contributed by atoms with van der Waals surface area (Å²) in [6.45, 7) is 6.60. The first-order valence-electron chi connectivity index (χ1n) is 35.1. The smallest absolute Gasteiger partial charge is 0.306 e. The molecule has 0 aromatic heterocycles. The number of carbonyl (C=O) groups is 3. The average molecular weight is 1110 g/mol. The minimum absolute atomic E-state index is 0.0775. The number of carbonyl (C=O) groups excluding carboxylic acids is 3. The molecular formula is C73H134O6. The third kappa shape index (κ3) is 66.1. The summed E-state index contributed by atoms with van der Waals surface area (Å²) >= 11 is 0. The van der Waals surface area contributed by atoms with Crippen molar-refractivity contribution in [2.45, 2.75) is 386 Å². The van der Waals surface area contributed by atoms with Crippen molar-refractivity contribution in [1.82, 2.24) is 0 Å². The van der Waals surface area contributed by atoms with E-state index < -0.39 is 6.10 Å². The average Bonchev–Trinajstić information content (AvgIpc) is 3.45. The molecule has 0 bridgehead atoms. The van der Waals surface area contributed by atoms with E-state index in [1.54, 1.807) is 0 Å². The highest BCUT2D eigenvalue weighted by molar-refractivity contribution is 5.71. The molecule has 0 N–H and O–H groups in total. The zero-order chi connectivity index (χ0) is 57.1. The van der Waals surface area contributed by atoms with Crippen molar-refractivity contribution in [3.63, 3.8) is 0 Å². The maximum absolute atomic E-state index is 12.9. The highest BCUT2D eigenvalue weighted by atomic mass is 16.6. The summed E-state index contributed by atoms with van der Waals surface area (Å²) in [5.41, 5.74) is 0. The zero-order valence-electron chi connectivity index (χ0n) is 53.2. The lowest BCUT2D eigenvalue weighted by atomic mass is 10.0. The van der Waals surface area contributed by atoms with Crippen molar-refractivity contribution in [3.05, 3.63) is 48.6 Å². The Morgan fingerprint density at radius 2 is 0.481 bits per heavy atom. The van der Waals surface area contributed by atoms with Gasteiger partial charge >= 0.3 is 17.9 Å². The summed E-state index contributed by atoms with van der Waals surface area (Å²) in [5.74, 6) is -0.878. The predicted molar refractivity (Wildman–Crippen MR) is 344 cm³/mol. The molecule has 0 rings (SSSR count). The van der Waals surface area contributed by atoms with E-state index in [1.165, 1.54) is 244 Å². The van der Waals surface area contributed by atoms with Crippen molar-refractivity contribution in [1.29, 1.82) is 0 Å². The van der Waals surface area contributed by atoms with E-state index in [-0.39, 0.29) is 31.1 Å². The van der Waals surface area contributed by atoms with Crippen molar-refractivity contribution < 1.29 is 28.6 Å². The van der Waals surface area contributed by atoms with Crippen LogP contribution in [0.1, 0.15) is 380 Å². The molecule has 1 unspecified atom stereocenters. The van der Waals surface area contributed by atoms with Crippen LogP contribution in [-0.4, -0.2) is 37.2 Å². The van der Waals surface area contributed by atoms with Crippen molar-refractivity contribution >= 4 is 17.9 Å². The van der Waals surface area contributed by atoms with Gasteiger partial charge in [-0.2, -0.15) is 0 Å². The molecule has 0 aromatic rings. The second-order valence-corrected chi connectivity index (χ2v) is 23.8. The Kier molecular flexibility index (Phi) is 65.6. The molecule has 462 valence electrons. The molecule has 6 nitrogen and oxygen atoms in total. The minimum atomic E-state index is -0.783. The van der Waals surface area contributed by atoms with Crippen LogP contribution in [0.3, 0.4) is 0 Å². The van der Waals surface area contributed by atoms with Gasteiger partial charge in [-0.25, -0.2) is 0 Å². The fourth-order valence-corrected chi connectivity index (χ4v) is 10.5. The molecule has 0 aliphatic rings. The van der Waals surface area contributed by atoms with Crippen LogP contribution in [0.15, 0.2) is 48.6 Å². The standard InChI is InChI=1S/C73H134O6/c1-4-7-10-13-16-19-22-25-27-29-31-32-33-34-35-36-37-38-39-40-41-42-44-45-48-51-54-57-60-63-66-72(75)78-69-70(68-77-71(74)65-62-59-56-53-50-47-24-21-18-15-12-9-6-3)79-73(76)67-64-61-58-55-52-49-46-43-30-28-26-23-20-17-14-11-8-5-2/h12,15,20-21,23-24,28,30,70H,4-11,13-14,16-19,22,25-27,29,31-69H2,1-3H3/b15-12-,23-20-,24-21-,30-28-. The lowest BCUT2D eigenvalue weighted by Gasteiger charge is -2.18. The molecule has 0 aliphatic carbocycles. The first kappa shape index (κ1) is 76.4. The molecule has 0 spiro atoms. The molecule has 0 aromatic carbocycles. The van der Waals surface area contributed by atoms with E-state index in [0.29, 0.717) is 19.3 Å². The SMILES string of the molecule is CCC/C=C\C/C=C\CCCCCCCC(=O)OCC(COC(=O)CCCCCCCCCCCCCCCCCCCCCCCCCCCCCCCC)OC(=O)CCCCCCCCC/C=C\C/C=C\CCCCCC. The van der Waals surface area contributed by atoms with Crippen LogP contribution in [0.25, 0.3) is 0 Å². The molecule has 0 radical (unpaired) electrons. The molecular weight excluding hydrogens is 973 g/mol. The Morgan fingerprint density at radius 1 is 0.253 bits per heavy atom. The zero-order valence-corrected chi connectivity index (χ0v) is 53.2. The van der Waals surface area contributed by atoms with E-state index >= 15 is 0 Å². The highest BCUT2D eigenvalue weighted by Crippen LogP contribution is 2.18. The van der Waals surface area contributed by atoms with Crippen LogP contribution >= 0.6 is 0 Å². The fraction of sp³-hybridized carbons (Fsp3) is 0.849. The lowest BCUT2D eigenvalue weighted by molar-refractivity contribution is -0.167. The molecule has 0 fully saturated rings. The molecule has 79 heavy (non-hydrogen) atoms. The van der Waals surface area contributed by atoms with Crippen LogP contribution in [0.4, 0.5) is 0 Å². The Balaban J connectivity index is 4.17. The Bertz CT molecular complexity index is 1360. The third-order valence-electron chi connectivity index (χ3n) is 15.8. The van der Waals surface area contributed by atoms with Gasteiger partial charge in [0, 0.05) is 19.3 Å². The predicted octanol–water partition coefficient (Wildman–Crippen LogP) is 24.1. The van der Waals surface area contributed by atoms with Gasteiger partial charge in [0.2, 0.25) is 0 Å². The Hall–Kier alpha value is -2.63. The quantitative estimate of drug-likeness (QED) is 0.0261. The Labute approximate surface area is 492 Å². The number of hydrogen-bond acceptors (Lipinski definition) is 6. The van der Waals surface area contributed by atoms with Gasteiger partial charge in [0.25, 0.3) is 0 Å². The maximum atomic E-state index is 12.9. The molecule has 0 heterocycles. The molecule has 0 aliphatic heterocycles. The van der Waals surface area contributed by atoms with E-state index in [1.807, 2.05) is 0 Å². The summed E-state index contributed by atoms with van der Waals surface area (Å²) in [5, 5.41) is 0. The topological polar surface area (TPSA) is 78.9 Å². The van der Waals surface area contributed by atoms with E-state index in [9.17, 15) is 14.4 Å². The number of allylic oxidation sites excluding steroid dienone is 8. The number of hydrogen-bond donors (Lipinski definition) is 0. The van der Waals surface area contributed by atoms with Gasteiger partial charge in [-0.3, -0.25) is 14.4 Å². The van der Waals surface area contributed by atoms with Gasteiger partial charge in [0.1, 0.15) is 13.2 Å².